The summed E-state index contributed by atoms with van der Waals surface area (Å²) in [5, 5.41) is 19.0. The Labute approximate surface area is 130 Å². The molecule has 0 spiro atoms. The van der Waals surface area contributed by atoms with Gasteiger partial charge in [0.05, 0.1) is 5.02 Å². The highest BCUT2D eigenvalue weighted by Crippen LogP contribution is 2.34. The molecular formula is C15H12ClN3OS. The summed E-state index contributed by atoms with van der Waals surface area (Å²) in [6, 6.07) is 11.3. The van der Waals surface area contributed by atoms with Gasteiger partial charge in [0.2, 0.25) is 5.13 Å². The Morgan fingerprint density at radius 1 is 1.10 bits per heavy atom. The molecule has 1 heterocycles. The summed E-state index contributed by atoms with van der Waals surface area (Å²) in [5.74, 6) is 0.0962. The van der Waals surface area contributed by atoms with E-state index in [-0.39, 0.29) is 5.75 Å². The molecule has 0 fully saturated rings. The summed E-state index contributed by atoms with van der Waals surface area (Å²) < 4.78 is 0. The predicted octanol–water partition coefficient (Wildman–Crippen LogP) is 4.12. The van der Waals surface area contributed by atoms with Crippen LogP contribution >= 0.6 is 22.9 Å². The maximum Gasteiger partial charge on any atom is 0.203 e. The van der Waals surface area contributed by atoms with Crippen molar-refractivity contribution in [2.45, 2.75) is 6.92 Å². The first kappa shape index (κ1) is 13.9. The van der Waals surface area contributed by atoms with Gasteiger partial charge in [0, 0.05) is 5.56 Å². The van der Waals surface area contributed by atoms with Crippen molar-refractivity contribution in [1.29, 1.82) is 0 Å². The lowest BCUT2D eigenvalue weighted by atomic mass is 9.99. The van der Waals surface area contributed by atoms with Crippen molar-refractivity contribution in [3.8, 4) is 27.4 Å². The van der Waals surface area contributed by atoms with E-state index in [4.69, 9.17) is 17.3 Å². The number of anilines is 1. The number of halogens is 1. The summed E-state index contributed by atoms with van der Waals surface area (Å²) in [5.41, 5.74) is 9.54. The fourth-order valence-electron chi connectivity index (χ4n) is 2.12. The largest absolute Gasteiger partial charge is 0.506 e. The monoisotopic (exact) mass is 317 g/mol. The number of benzene rings is 2. The van der Waals surface area contributed by atoms with Crippen LogP contribution in [0.15, 0.2) is 36.4 Å². The van der Waals surface area contributed by atoms with Gasteiger partial charge in [-0.1, -0.05) is 47.2 Å². The molecule has 1 aromatic heterocycles. The summed E-state index contributed by atoms with van der Waals surface area (Å²) >= 11 is 7.34. The number of phenols is 1. The number of nitrogens with two attached hydrogens (primary N) is 1. The molecule has 3 N–H and O–H groups in total. The molecular weight excluding hydrogens is 306 g/mol. The highest BCUT2D eigenvalue weighted by Gasteiger charge is 2.09. The van der Waals surface area contributed by atoms with Crippen LogP contribution in [0.1, 0.15) is 5.56 Å². The number of nitrogens with zero attached hydrogens (tertiary/aromatic N) is 2. The summed E-state index contributed by atoms with van der Waals surface area (Å²) in [6.07, 6.45) is 0. The zero-order valence-electron chi connectivity index (χ0n) is 11.2. The number of hydrogen-bond donors (Lipinski definition) is 2. The van der Waals surface area contributed by atoms with E-state index in [1.807, 2.05) is 31.2 Å². The third-order valence-electron chi connectivity index (χ3n) is 3.18. The zero-order chi connectivity index (χ0) is 15.0. The number of aryl methyl sites for hydroxylation is 1. The molecule has 0 saturated carbocycles. The molecule has 21 heavy (non-hydrogen) atoms. The van der Waals surface area contributed by atoms with Gasteiger partial charge in [0.25, 0.3) is 0 Å². The molecule has 106 valence electrons. The lowest BCUT2D eigenvalue weighted by molar-refractivity contribution is 0.475. The van der Waals surface area contributed by atoms with E-state index >= 15 is 0 Å². The highest BCUT2D eigenvalue weighted by atomic mass is 35.5. The van der Waals surface area contributed by atoms with E-state index in [0.29, 0.717) is 10.2 Å². The second-order valence-corrected chi connectivity index (χ2v) is 6.06. The smallest absolute Gasteiger partial charge is 0.203 e. The van der Waals surface area contributed by atoms with Gasteiger partial charge in [0.1, 0.15) is 10.8 Å². The summed E-state index contributed by atoms with van der Waals surface area (Å²) in [4.78, 5) is 0. The summed E-state index contributed by atoms with van der Waals surface area (Å²) in [6.45, 7) is 1.94. The molecule has 0 aliphatic carbocycles. The van der Waals surface area contributed by atoms with Gasteiger partial charge in [0.15, 0.2) is 0 Å². The van der Waals surface area contributed by atoms with Crippen LogP contribution in [-0.2, 0) is 0 Å². The molecule has 0 unspecified atom stereocenters. The lowest BCUT2D eigenvalue weighted by Crippen LogP contribution is -1.85. The van der Waals surface area contributed by atoms with Gasteiger partial charge in [-0.05, 0) is 35.7 Å². The first-order chi connectivity index (χ1) is 10.0. The third-order valence-corrected chi connectivity index (χ3v) is 4.28. The summed E-state index contributed by atoms with van der Waals surface area (Å²) in [7, 11) is 0. The second-order valence-electron chi connectivity index (χ2n) is 4.64. The van der Waals surface area contributed by atoms with Crippen LogP contribution in [0, 0.1) is 6.92 Å². The zero-order valence-corrected chi connectivity index (χ0v) is 12.7. The molecule has 0 saturated heterocycles. The number of phenolic OH excluding ortho intramolecular Hbond substituents is 1. The van der Waals surface area contributed by atoms with Crippen molar-refractivity contribution in [2.75, 3.05) is 5.73 Å². The Kier molecular flexibility index (Phi) is 3.53. The lowest BCUT2D eigenvalue weighted by Gasteiger charge is -2.08. The molecule has 3 rings (SSSR count). The number of rotatable bonds is 2. The van der Waals surface area contributed by atoms with Crippen molar-refractivity contribution >= 4 is 28.1 Å². The Hall–Kier alpha value is -2.11. The maximum atomic E-state index is 9.61. The van der Waals surface area contributed by atoms with Crippen LogP contribution in [-0.4, -0.2) is 15.3 Å². The number of aromatic hydroxyl groups is 1. The fourth-order valence-corrected chi connectivity index (χ4v) is 2.90. The molecule has 0 bridgehead atoms. The molecule has 0 radical (unpaired) electrons. The van der Waals surface area contributed by atoms with E-state index in [1.165, 1.54) is 11.3 Å². The normalized spacial score (nSPS) is 10.8. The second kappa shape index (κ2) is 5.35. The van der Waals surface area contributed by atoms with Crippen molar-refractivity contribution in [1.82, 2.24) is 10.2 Å². The topological polar surface area (TPSA) is 72.0 Å². The van der Waals surface area contributed by atoms with Gasteiger partial charge in [-0.15, -0.1) is 10.2 Å². The number of aromatic nitrogens is 2. The van der Waals surface area contributed by atoms with Crippen LogP contribution in [0.2, 0.25) is 5.02 Å². The quantitative estimate of drug-likeness (QED) is 0.745. The minimum Gasteiger partial charge on any atom is -0.506 e. The molecule has 0 aliphatic rings. The van der Waals surface area contributed by atoms with Crippen molar-refractivity contribution < 1.29 is 5.11 Å². The standard InChI is InChI=1S/C15H12ClN3OS/c1-8-6-13(20)12(16)7-11(8)9-2-4-10(5-3-9)14-18-19-15(17)21-14/h2-7,20H,1H3,(H2,17,19). The molecule has 0 amide bonds. The van der Waals surface area contributed by atoms with E-state index in [9.17, 15) is 5.11 Å². The Morgan fingerprint density at radius 3 is 2.38 bits per heavy atom. The van der Waals surface area contributed by atoms with Gasteiger partial charge in [-0.2, -0.15) is 0 Å². The SMILES string of the molecule is Cc1cc(O)c(Cl)cc1-c1ccc(-c2nnc(N)s2)cc1. The van der Waals surface area contributed by atoms with Crippen molar-refractivity contribution in [2.24, 2.45) is 0 Å². The average molecular weight is 318 g/mol. The molecule has 6 heteroatoms. The fraction of sp³-hybridized carbons (Fsp3) is 0.0667. The minimum atomic E-state index is 0.0962. The first-order valence-electron chi connectivity index (χ1n) is 6.23. The van der Waals surface area contributed by atoms with Crippen LogP contribution in [0.3, 0.4) is 0 Å². The average Bonchev–Trinajstić information content (AvgIpc) is 2.90. The molecule has 4 nitrogen and oxygen atoms in total. The Balaban J connectivity index is 2.00. The van der Waals surface area contributed by atoms with Crippen LogP contribution in [0.25, 0.3) is 21.7 Å². The molecule has 0 aliphatic heterocycles. The minimum absolute atomic E-state index is 0.0962. The van der Waals surface area contributed by atoms with Crippen LogP contribution in [0.5, 0.6) is 5.75 Å². The van der Waals surface area contributed by atoms with Crippen molar-refractivity contribution in [3.05, 3.63) is 47.0 Å². The van der Waals surface area contributed by atoms with E-state index in [1.54, 1.807) is 12.1 Å². The van der Waals surface area contributed by atoms with E-state index in [2.05, 4.69) is 10.2 Å². The van der Waals surface area contributed by atoms with Crippen molar-refractivity contribution in [3.63, 3.8) is 0 Å². The molecule has 2 aromatic carbocycles. The van der Waals surface area contributed by atoms with Gasteiger partial charge < -0.3 is 10.8 Å². The first-order valence-corrected chi connectivity index (χ1v) is 7.43. The maximum absolute atomic E-state index is 9.61. The number of nitrogen functional groups attached to an aromatic ring is 1. The van der Waals surface area contributed by atoms with Gasteiger partial charge in [-0.3, -0.25) is 0 Å². The van der Waals surface area contributed by atoms with Gasteiger partial charge >= 0.3 is 0 Å². The van der Waals surface area contributed by atoms with Gasteiger partial charge in [-0.25, -0.2) is 0 Å². The van der Waals surface area contributed by atoms with E-state index in [0.717, 1.165) is 27.3 Å². The molecule has 3 aromatic rings. The number of hydrogen-bond acceptors (Lipinski definition) is 5. The van der Waals surface area contributed by atoms with E-state index < -0.39 is 0 Å². The third kappa shape index (κ3) is 2.70. The predicted molar refractivity (Wildman–Crippen MR) is 86.6 cm³/mol. The highest BCUT2D eigenvalue weighted by molar-refractivity contribution is 7.18. The van der Waals surface area contributed by atoms with Crippen LogP contribution in [0.4, 0.5) is 5.13 Å². The Morgan fingerprint density at radius 2 is 1.76 bits per heavy atom. The Bertz CT molecular complexity index is 799. The van der Waals surface area contributed by atoms with Crippen LogP contribution < -0.4 is 5.73 Å². The molecule has 0 atom stereocenters.